The van der Waals surface area contributed by atoms with Crippen LogP contribution in [0.3, 0.4) is 0 Å². The zero-order valence-electron chi connectivity index (χ0n) is 6.97. The highest BCUT2D eigenvalue weighted by atomic mass is 35.5. The molecule has 0 aromatic carbocycles. The molecule has 3 nitrogen and oxygen atoms in total. The van der Waals surface area contributed by atoms with Crippen molar-refractivity contribution >= 4 is 17.3 Å². The van der Waals surface area contributed by atoms with Gasteiger partial charge in [0.25, 0.3) is 6.43 Å². The highest BCUT2D eigenvalue weighted by Gasteiger charge is 2.18. The van der Waals surface area contributed by atoms with E-state index in [9.17, 15) is 8.78 Å². The van der Waals surface area contributed by atoms with E-state index in [2.05, 4.69) is 4.98 Å². The van der Waals surface area contributed by atoms with Gasteiger partial charge in [0, 0.05) is 5.69 Å². The molecule has 1 heterocycles. The summed E-state index contributed by atoms with van der Waals surface area (Å²) < 4.78 is 24.8. The molecule has 0 aliphatic carbocycles. The summed E-state index contributed by atoms with van der Waals surface area (Å²) in [5, 5.41) is 8.57. The Labute approximate surface area is 84.1 Å². The molecule has 1 rings (SSSR count). The van der Waals surface area contributed by atoms with Crippen molar-refractivity contribution in [2.45, 2.75) is 12.3 Å². The molecule has 0 bridgehead atoms. The number of hydrogen-bond acceptors (Lipinski definition) is 3. The number of nitriles is 1. The lowest BCUT2D eigenvalue weighted by molar-refractivity contribution is 0.151. The Hall–Kier alpha value is -1.41. The minimum Gasteiger partial charge on any atom is -0.398 e. The van der Waals surface area contributed by atoms with Crippen LogP contribution >= 0.6 is 11.6 Å². The monoisotopic (exact) mass is 217 g/mol. The maximum absolute atomic E-state index is 12.4. The van der Waals surface area contributed by atoms with E-state index < -0.39 is 12.0 Å². The van der Waals surface area contributed by atoms with E-state index in [-0.39, 0.29) is 17.3 Å². The summed E-state index contributed by atoms with van der Waals surface area (Å²) in [4.78, 5) is 3.64. The Morgan fingerprint density at radius 1 is 1.64 bits per heavy atom. The summed E-state index contributed by atoms with van der Waals surface area (Å²) in [6.45, 7) is 0. The number of pyridine rings is 1. The number of nitrogens with zero attached hydrogens (tertiary/aromatic N) is 2. The van der Waals surface area contributed by atoms with Crippen LogP contribution in [-0.2, 0) is 5.88 Å². The lowest BCUT2D eigenvalue weighted by Gasteiger charge is -2.07. The van der Waals surface area contributed by atoms with Crippen LogP contribution in [0, 0.1) is 11.3 Å². The number of halogens is 3. The number of aromatic nitrogens is 1. The van der Waals surface area contributed by atoms with Gasteiger partial charge in [-0.05, 0) is 6.07 Å². The number of nitrogens with two attached hydrogens (primary N) is 1. The maximum atomic E-state index is 12.4. The van der Waals surface area contributed by atoms with Gasteiger partial charge in [-0.25, -0.2) is 13.8 Å². The number of anilines is 1. The quantitative estimate of drug-likeness (QED) is 0.773. The fourth-order valence-corrected chi connectivity index (χ4v) is 1.15. The molecular formula is C8H6ClF2N3. The molecule has 0 aliphatic heterocycles. The van der Waals surface area contributed by atoms with Gasteiger partial charge in [0.2, 0.25) is 0 Å². The van der Waals surface area contributed by atoms with Crippen molar-refractivity contribution in [2.24, 2.45) is 0 Å². The predicted molar refractivity (Wildman–Crippen MR) is 47.9 cm³/mol. The van der Waals surface area contributed by atoms with Crippen LogP contribution in [0.4, 0.5) is 14.5 Å². The van der Waals surface area contributed by atoms with Crippen molar-refractivity contribution in [3.63, 3.8) is 0 Å². The van der Waals surface area contributed by atoms with Gasteiger partial charge in [-0.3, -0.25) is 0 Å². The van der Waals surface area contributed by atoms with Gasteiger partial charge < -0.3 is 5.73 Å². The molecule has 0 atom stereocenters. The van der Waals surface area contributed by atoms with Crippen LogP contribution in [0.5, 0.6) is 0 Å². The van der Waals surface area contributed by atoms with Crippen molar-refractivity contribution in [1.29, 1.82) is 5.26 Å². The van der Waals surface area contributed by atoms with Crippen LogP contribution < -0.4 is 5.73 Å². The molecule has 1 aromatic heterocycles. The van der Waals surface area contributed by atoms with Gasteiger partial charge >= 0.3 is 0 Å². The fourth-order valence-electron chi connectivity index (χ4n) is 1.01. The Morgan fingerprint density at radius 3 is 2.71 bits per heavy atom. The topological polar surface area (TPSA) is 62.7 Å². The highest BCUT2D eigenvalue weighted by Crippen LogP contribution is 2.28. The van der Waals surface area contributed by atoms with E-state index in [1.54, 1.807) is 6.07 Å². The standard InChI is InChI=1S/C8H6ClF2N3/c9-2-4-1-5(13)7(8(10)11)6(3-12)14-4/h1,8H,2H2,(H2,13,14). The maximum Gasteiger partial charge on any atom is 0.268 e. The van der Waals surface area contributed by atoms with Gasteiger partial charge in [0.15, 0.2) is 5.69 Å². The van der Waals surface area contributed by atoms with E-state index in [1.165, 1.54) is 6.07 Å². The van der Waals surface area contributed by atoms with Gasteiger partial charge in [-0.15, -0.1) is 11.6 Å². The van der Waals surface area contributed by atoms with Crippen LogP contribution in [0.15, 0.2) is 6.07 Å². The minimum absolute atomic E-state index is 0.0302. The normalized spacial score (nSPS) is 10.2. The highest BCUT2D eigenvalue weighted by molar-refractivity contribution is 6.16. The lowest BCUT2D eigenvalue weighted by Crippen LogP contribution is -2.03. The van der Waals surface area contributed by atoms with Crippen molar-refractivity contribution in [2.75, 3.05) is 5.73 Å². The second kappa shape index (κ2) is 4.20. The summed E-state index contributed by atoms with van der Waals surface area (Å²) in [5.74, 6) is 0.0302. The van der Waals surface area contributed by atoms with E-state index in [0.717, 1.165) is 0 Å². The molecule has 14 heavy (non-hydrogen) atoms. The van der Waals surface area contributed by atoms with Crippen molar-refractivity contribution in [1.82, 2.24) is 4.98 Å². The zero-order chi connectivity index (χ0) is 10.7. The van der Waals surface area contributed by atoms with Crippen molar-refractivity contribution < 1.29 is 8.78 Å². The zero-order valence-corrected chi connectivity index (χ0v) is 7.72. The molecule has 6 heteroatoms. The lowest BCUT2D eigenvalue weighted by atomic mass is 10.1. The number of alkyl halides is 3. The van der Waals surface area contributed by atoms with E-state index in [0.29, 0.717) is 5.69 Å². The number of rotatable bonds is 2. The molecular weight excluding hydrogens is 212 g/mol. The average molecular weight is 218 g/mol. The minimum atomic E-state index is -2.80. The van der Waals surface area contributed by atoms with Crippen molar-refractivity contribution in [3.8, 4) is 6.07 Å². The van der Waals surface area contributed by atoms with Gasteiger partial charge in [-0.1, -0.05) is 0 Å². The number of nitrogen functional groups attached to an aromatic ring is 1. The molecule has 0 saturated heterocycles. The molecule has 0 radical (unpaired) electrons. The Morgan fingerprint density at radius 2 is 2.29 bits per heavy atom. The second-order valence-corrected chi connectivity index (χ2v) is 2.78. The van der Waals surface area contributed by atoms with Crippen LogP contribution in [0.1, 0.15) is 23.4 Å². The summed E-state index contributed by atoms with van der Waals surface area (Å²) in [6.07, 6.45) is -2.80. The third-order valence-electron chi connectivity index (χ3n) is 1.60. The molecule has 1 aromatic rings. The van der Waals surface area contributed by atoms with Gasteiger partial charge in [0.05, 0.1) is 17.1 Å². The molecule has 74 valence electrons. The molecule has 0 aliphatic rings. The van der Waals surface area contributed by atoms with Gasteiger partial charge in [0.1, 0.15) is 6.07 Å². The van der Waals surface area contributed by atoms with E-state index >= 15 is 0 Å². The Bertz CT molecular complexity index is 387. The van der Waals surface area contributed by atoms with Crippen LogP contribution in [0.25, 0.3) is 0 Å². The second-order valence-electron chi connectivity index (χ2n) is 2.51. The third-order valence-corrected chi connectivity index (χ3v) is 1.88. The third kappa shape index (κ3) is 1.91. The molecule has 0 unspecified atom stereocenters. The Balaban J connectivity index is 3.37. The summed E-state index contributed by atoms with van der Waals surface area (Å²) >= 11 is 5.44. The SMILES string of the molecule is N#Cc1nc(CCl)cc(N)c1C(F)F. The molecule has 0 spiro atoms. The summed E-state index contributed by atoms with van der Waals surface area (Å²) in [5.41, 5.74) is 4.61. The fraction of sp³-hybridized carbons (Fsp3) is 0.250. The summed E-state index contributed by atoms with van der Waals surface area (Å²) in [6, 6.07) is 2.81. The predicted octanol–water partition coefficient (Wildman–Crippen LogP) is 2.21. The largest absolute Gasteiger partial charge is 0.398 e. The van der Waals surface area contributed by atoms with Crippen molar-refractivity contribution in [3.05, 3.63) is 23.0 Å². The number of hydrogen-bond donors (Lipinski definition) is 1. The first kappa shape index (κ1) is 10.7. The smallest absolute Gasteiger partial charge is 0.268 e. The first-order valence-corrected chi connectivity index (χ1v) is 4.17. The molecule has 0 saturated carbocycles. The van der Waals surface area contributed by atoms with Crippen LogP contribution in [-0.4, -0.2) is 4.98 Å². The van der Waals surface area contributed by atoms with E-state index in [4.69, 9.17) is 22.6 Å². The first-order chi connectivity index (χ1) is 6.60. The van der Waals surface area contributed by atoms with Gasteiger partial charge in [-0.2, -0.15) is 5.26 Å². The summed E-state index contributed by atoms with van der Waals surface area (Å²) in [7, 11) is 0. The molecule has 0 fully saturated rings. The van der Waals surface area contributed by atoms with Crippen LogP contribution in [0.2, 0.25) is 0 Å². The first-order valence-electron chi connectivity index (χ1n) is 3.63. The average Bonchev–Trinajstić information content (AvgIpc) is 2.15. The Kier molecular flexibility index (Phi) is 3.20. The molecule has 2 N–H and O–H groups in total. The molecule has 0 amide bonds. The van der Waals surface area contributed by atoms with E-state index in [1.807, 2.05) is 0 Å².